The van der Waals surface area contributed by atoms with Gasteiger partial charge >= 0.3 is 5.69 Å². The summed E-state index contributed by atoms with van der Waals surface area (Å²) in [5.74, 6) is 0.790. The Hall–Kier alpha value is -2.57. The summed E-state index contributed by atoms with van der Waals surface area (Å²) < 4.78 is 5.33. The van der Waals surface area contributed by atoms with E-state index in [1.54, 1.807) is 24.0 Å². The van der Waals surface area contributed by atoms with Gasteiger partial charge in [-0.2, -0.15) is 0 Å². The van der Waals surface area contributed by atoms with Gasteiger partial charge in [0.15, 0.2) is 5.76 Å². The highest BCUT2D eigenvalue weighted by Crippen LogP contribution is 2.26. The van der Waals surface area contributed by atoms with E-state index < -0.39 is 11.2 Å². The maximum Gasteiger partial charge on any atom is 0.325 e. The van der Waals surface area contributed by atoms with Gasteiger partial charge in [-0.25, -0.2) is 4.79 Å². The summed E-state index contributed by atoms with van der Waals surface area (Å²) in [4.78, 5) is 41.3. The predicted octanol–water partition coefficient (Wildman–Crippen LogP) is 0.594. The Balaban J connectivity index is 1.77. The van der Waals surface area contributed by atoms with Crippen molar-refractivity contribution in [3.05, 3.63) is 56.3 Å². The first-order chi connectivity index (χ1) is 10.0. The fourth-order valence-electron chi connectivity index (χ4n) is 2.61. The van der Waals surface area contributed by atoms with Gasteiger partial charge in [-0.1, -0.05) is 0 Å². The molecule has 0 aromatic carbocycles. The average Bonchev–Trinajstić information content (AvgIpc) is 3.05. The van der Waals surface area contributed by atoms with Gasteiger partial charge in [0.05, 0.1) is 0 Å². The zero-order valence-electron chi connectivity index (χ0n) is 11.5. The molecule has 7 heteroatoms. The molecule has 1 aliphatic heterocycles. The van der Waals surface area contributed by atoms with Crippen molar-refractivity contribution >= 4 is 5.91 Å². The van der Waals surface area contributed by atoms with Gasteiger partial charge in [-0.3, -0.25) is 14.6 Å². The number of nitrogens with one attached hydrogen (secondary N) is 2. The largest absolute Gasteiger partial charge is 0.456 e. The van der Waals surface area contributed by atoms with E-state index in [-0.39, 0.29) is 11.8 Å². The van der Waals surface area contributed by atoms with Crippen molar-refractivity contribution < 1.29 is 9.21 Å². The second kappa shape index (κ2) is 5.08. The molecule has 1 saturated heterocycles. The van der Waals surface area contributed by atoms with E-state index in [0.717, 1.165) is 0 Å². The molecule has 7 nitrogen and oxygen atoms in total. The molecular formula is C14H15N3O4. The number of hydrogen-bond donors (Lipinski definition) is 2. The lowest BCUT2D eigenvalue weighted by molar-refractivity contribution is 0.0757. The Morgan fingerprint density at radius 1 is 1.33 bits per heavy atom. The summed E-state index contributed by atoms with van der Waals surface area (Å²) in [7, 11) is 0. The van der Waals surface area contributed by atoms with Gasteiger partial charge in [0, 0.05) is 30.8 Å². The molecule has 1 amide bonds. The summed E-state index contributed by atoms with van der Waals surface area (Å²) in [5, 5.41) is 0. The molecular weight excluding hydrogens is 274 g/mol. The number of hydrogen-bond acceptors (Lipinski definition) is 4. The molecule has 3 rings (SSSR count). The van der Waals surface area contributed by atoms with Crippen LogP contribution in [0.4, 0.5) is 0 Å². The quantitative estimate of drug-likeness (QED) is 0.845. The second-order valence-corrected chi connectivity index (χ2v) is 5.19. The Kier molecular flexibility index (Phi) is 3.25. The van der Waals surface area contributed by atoms with Gasteiger partial charge in [-0.05, 0) is 25.5 Å². The third-order valence-corrected chi connectivity index (χ3v) is 3.65. The molecule has 1 aliphatic rings. The maximum atomic E-state index is 12.3. The van der Waals surface area contributed by atoms with Crippen molar-refractivity contribution in [2.45, 2.75) is 19.3 Å². The van der Waals surface area contributed by atoms with Crippen LogP contribution in [0, 0.1) is 6.92 Å². The van der Waals surface area contributed by atoms with Crippen molar-refractivity contribution in [2.24, 2.45) is 0 Å². The predicted molar refractivity (Wildman–Crippen MR) is 74.4 cm³/mol. The molecule has 1 unspecified atom stereocenters. The first-order valence-electron chi connectivity index (χ1n) is 6.72. The van der Waals surface area contributed by atoms with Gasteiger partial charge in [0.1, 0.15) is 5.76 Å². The number of aryl methyl sites for hydroxylation is 1. The molecule has 1 atom stereocenters. The zero-order valence-corrected chi connectivity index (χ0v) is 11.5. The summed E-state index contributed by atoms with van der Waals surface area (Å²) in [6, 6.07) is 4.77. The van der Waals surface area contributed by atoms with E-state index in [0.29, 0.717) is 36.7 Å². The van der Waals surface area contributed by atoms with E-state index in [9.17, 15) is 14.4 Å². The molecule has 2 N–H and O–H groups in total. The van der Waals surface area contributed by atoms with Crippen LogP contribution in [0.15, 0.2) is 32.2 Å². The Morgan fingerprint density at radius 3 is 2.81 bits per heavy atom. The number of carbonyl (C=O) groups excluding carboxylic acids is 1. The van der Waals surface area contributed by atoms with Gasteiger partial charge in [0.2, 0.25) is 0 Å². The van der Waals surface area contributed by atoms with Crippen molar-refractivity contribution in [1.82, 2.24) is 14.9 Å². The van der Waals surface area contributed by atoms with Gasteiger partial charge < -0.3 is 14.3 Å². The minimum Gasteiger partial charge on any atom is -0.456 e. The number of furan rings is 1. The maximum absolute atomic E-state index is 12.3. The molecule has 0 spiro atoms. The van der Waals surface area contributed by atoms with E-state index in [1.807, 2.05) is 0 Å². The van der Waals surface area contributed by atoms with E-state index in [2.05, 4.69) is 9.97 Å². The van der Waals surface area contributed by atoms with Crippen LogP contribution in [0.3, 0.4) is 0 Å². The normalized spacial score (nSPS) is 18.1. The minimum atomic E-state index is -0.524. The standard InChI is InChI=1S/C14H15N3O4/c1-8-2-3-11(21-8)13(19)17-5-4-9(7-17)10-6-12(18)16-14(20)15-10/h2-3,6,9H,4-5,7H2,1H3,(H2,15,16,18,20). The number of H-pyrrole nitrogens is 2. The van der Waals surface area contributed by atoms with Gasteiger partial charge in [0.25, 0.3) is 11.5 Å². The van der Waals surface area contributed by atoms with Crippen molar-refractivity contribution in [2.75, 3.05) is 13.1 Å². The Bertz CT molecular complexity index is 758. The van der Waals surface area contributed by atoms with E-state index in [4.69, 9.17) is 4.42 Å². The van der Waals surface area contributed by atoms with Crippen LogP contribution in [0.2, 0.25) is 0 Å². The highest BCUT2D eigenvalue weighted by atomic mass is 16.3. The molecule has 3 heterocycles. The first-order valence-corrected chi connectivity index (χ1v) is 6.72. The lowest BCUT2D eigenvalue weighted by atomic mass is 10.1. The Morgan fingerprint density at radius 2 is 2.14 bits per heavy atom. The van der Waals surface area contributed by atoms with Crippen LogP contribution in [0.25, 0.3) is 0 Å². The van der Waals surface area contributed by atoms with E-state index in [1.165, 1.54) is 6.07 Å². The molecule has 2 aromatic heterocycles. The van der Waals surface area contributed by atoms with Crippen LogP contribution in [-0.2, 0) is 0 Å². The molecule has 110 valence electrons. The summed E-state index contributed by atoms with van der Waals surface area (Å²) in [6.07, 6.45) is 0.699. The lowest BCUT2D eigenvalue weighted by Gasteiger charge is -2.14. The number of aromatic nitrogens is 2. The summed E-state index contributed by atoms with van der Waals surface area (Å²) in [5.41, 5.74) is -0.390. The molecule has 2 aromatic rings. The zero-order chi connectivity index (χ0) is 15.0. The molecule has 21 heavy (non-hydrogen) atoms. The lowest BCUT2D eigenvalue weighted by Crippen LogP contribution is -2.29. The van der Waals surface area contributed by atoms with Crippen molar-refractivity contribution in [3.63, 3.8) is 0 Å². The number of amides is 1. The van der Waals surface area contributed by atoms with Crippen LogP contribution in [-0.4, -0.2) is 33.9 Å². The molecule has 0 aliphatic carbocycles. The second-order valence-electron chi connectivity index (χ2n) is 5.19. The number of nitrogens with zero attached hydrogens (tertiary/aromatic N) is 1. The smallest absolute Gasteiger partial charge is 0.325 e. The number of rotatable bonds is 2. The van der Waals surface area contributed by atoms with Gasteiger partial charge in [-0.15, -0.1) is 0 Å². The van der Waals surface area contributed by atoms with Crippen LogP contribution < -0.4 is 11.2 Å². The third-order valence-electron chi connectivity index (χ3n) is 3.65. The highest BCUT2D eigenvalue weighted by Gasteiger charge is 2.30. The average molecular weight is 289 g/mol. The highest BCUT2D eigenvalue weighted by molar-refractivity contribution is 5.91. The molecule has 0 radical (unpaired) electrons. The van der Waals surface area contributed by atoms with Crippen LogP contribution in [0.5, 0.6) is 0 Å². The van der Waals surface area contributed by atoms with E-state index >= 15 is 0 Å². The first kappa shape index (κ1) is 13.4. The molecule has 0 saturated carbocycles. The van der Waals surface area contributed by atoms with Crippen LogP contribution in [0.1, 0.15) is 34.3 Å². The third kappa shape index (κ3) is 2.67. The number of carbonyl (C=O) groups is 1. The van der Waals surface area contributed by atoms with Crippen molar-refractivity contribution in [3.8, 4) is 0 Å². The fourth-order valence-corrected chi connectivity index (χ4v) is 2.61. The number of likely N-dealkylation sites (tertiary alicyclic amines) is 1. The van der Waals surface area contributed by atoms with Crippen LogP contribution >= 0.6 is 0 Å². The molecule has 0 bridgehead atoms. The van der Waals surface area contributed by atoms with Crippen molar-refractivity contribution in [1.29, 1.82) is 0 Å². The SMILES string of the molecule is Cc1ccc(C(=O)N2CCC(c3cc(=O)[nH]c(=O)[nH]3)C2)o1. The molecule has 1 fully saturated rings. The minimum absolute atomic E-state index is 0.0417. The number of aromatic amines is 2. The fraction of sp³-hybridized carbons (Fsp3) is 0.357. The Labute approximate surface area is 119 Å². The summed E-state index contributed by atoms with van der Waals surface area (Å²) >= 11 is 0. The topological polar surface area (TPSA) is 99.2 Å². The monoisotopic (exact) mass is 289 g/mol. The summed E-state index contributed by atoms with van der Waals surface area (Å²) in [6.45, 7) is 2.81.